The van der Waals surface area contributed by atoms with E-state index in [0.29, 0.717) is 16.1 Å². The number of esters is 1. The fourth-order valence-electron chi connectivity index (χ4n) is 2.93. The molecular weight excluding hydrogens is 310 g/mol. The Morgan fingerprint density at radius 3 is 2.74 bits per heavy atom. The number of benzene rings is 1. The lowest BCUT2D eigenvalue weighted by molar-refractivity contribution is 0.0601. The highest BCUT2D eigenvalue weighted by atomic mass is 32.1. The third-order valence-corrected chi connectivity index (χ3v) is 5.28. The van der Waals surface area contributed by atoms with Crippen molar-refractivity contribution in [1.29, 1.82) is 0 Å². The molecule has 23 heavy (non-hydrogen) atoms. The van der Waals surface area contributed by atoms with Crippen LogP contribution < -0.4 is 5.32 Å². The number of carbonyl (C=O) groups is 2. The first-order valence-corrected chi connectivity index (χ1v) is 8.52. The summed E-state index contributed by atoms with van der Waals surface area (Å²) < 4.78 is 4.92. The van der Waals surface area contributed by atoms with Gasteiger partial charge in [0, 0.05) is 10.4 Å². The van der Waals surface area contributed by atoms with Crippen LogP contribution >= 0.6 is 11.3 Å². The maximum absolute atomic E-state index is 12.5. The number of aryl methyl sites for hydroxylation is 2. The maximum atomic E-state index is 12.5. The Bertz CT molecular complexity index is 764. The van der Waals surface area contributed by atoms with Crippen molar-refractivity contribution in [2.75, 3.05) is 12.4 Å². The summed E-state index contributed by atoms with van der Waals surface area (Å²) in [5.74, 6) is -0.568. The molecule has 0 bridgehead atoms. The minimum atomic E-state index is -0.371. The second-order valence-corrected chi connectivity index (χ2v) is 6.84. The normalized spacial score (nSPS) is 13.3. The number of ether oxygens (including phenoxy) is 1. The zero-order valence-corrected chi connectivity index (χ0v) is 14.1. The molecule has 1 N–H and O–H groups in total. The fourth-order valence-corrected chi connectivity index (χ4v) is 4.21. The molecule has 0 fully saturated rings. The summed E-state index contributed by atoms with van der Waals surface area (Å²) >= 11 is 1.50. The van der Waals surface area contributed by atoms with Crippen molar-refractivity contribution < 1.29 is 14.3 Å². The van der Waals surface area contributed by atoms with E-state index in [1.54, 1.807) is 6.07 Å². The Balaban J connectivity index is 1.94. The maximum Gasteiger partial charge on any atom is 0.341 e. The Morgan fingerprint density at radius 1 is 1.22 bits per heavy atom. The van der Waals surface area contributed by atoms with E-state index in [9.17, 15) is 9.59 Å². The molecule has 0 saturated carbocycles. The average Bonchev–Trinajstić information content (AvgIpc) is 2.92. The van der Waals surface area contributed by atoms with E-state index in [1.807, 2.05) is 25.1 Å². The van der Waals surface area contributed by atoms with Gasteiger partial charge >= 0.3 is 5.97 Å². The predicted molar refractivity (Wildman–Crippen MR) is 91.4 cm³/mol. The smallest absolute Gasteiger partial charge is 0.341 e. The third kappa shape index (κ3) is 3.15. The van der Waals surface area contributed by atoms with Gasteiger partial charge in [-0.2, -0.15) is 0 Å². The number of carbonyl (C=O) groups excluding carboxylic acids is 2. The molecule has 1 amide bonds. The quantitative estimate of drug-likeness (QED) is 0.867. The standard InChI is InChI=1S/C18H19NO3S/c1-11-6-5-7-12(10-11)16(20)19-17-15(18(21)22-2)13-8-3-4-9-14(13)23-17/h5-7,10H,3-4,8-9H2,1-2H3,(H,19,20). The van der Waals surface area contributed by atoms with Gasteiger partial charge in [0.05, 0.1) is 12.7 Å². The number of methoxy groups -OCH3 is 1. The number of hydrogen-bond acceptors (Lipinski definition) is 4. The largest absolute Gasteiger partial charge is 0.465 e. The zero-order chi connectivity index (χ0) is 16.4. The van der Waals surface area contributed by atoms with E-state index in [0.717, 1.165) is 36.8 Å². The second-order valence-electron chi connectivity index (χ2n) is 5.73. The SMILES string of the molecule is COC(=O)c1c(NC(=O)c2cccc(C)c2)sc2c1CCCC2. The first-order chi connectivity index (χ1) is 11.1. The van der Waals surface area contributed by atoms with Crippen LogP contribution in [-0.4, -0.2) is 19.0 Å². The van der Waals surface area contributed by atoms with E-state index in [2.05, 4.69) is 5.32 Å². The molecule has 1 aromatic carbocycles. The Labute approximate surface area is 139 Å². The van der Waals surface area contributed by atoms with Crippen LogP contribution in [0.3, 0.4) is 0 Å². The zero-order valence-electron chi connectivity index (χ0n) is 13.3. The van der Waals surface area contributed by atoms with Crippen LogP contribution in [0.1, 0.15) is 49.6 Å². The lowest BCUT2D eigenvalue weighted by Gasteiger charge is -2.11. The number of amides is 1. The molecule has 5 heteroatoms. The second kappa shape index (κ2) is 6.54. The molecule has 0 spiro atoms. The summed E-state index contributed by atoms with van der Waals surface area (Å²) in [5.41, 5.74) is 3.20. The summed E-state index contributed by atoms with van der Waals surface area (Å²) in [6.07, 6.45) is 4.03. The molecule has 4 nitrogen and oxygen atoms in total. The lowest BCUT2D eigenvalue weighted by Crippen LogP contribution is -2.15. The van der Waals surface area contributed by atoms with Crippen molar-refractivity contribution in [1.82, 2.24) is 0 Å². The van der Waals surface area contributed by atoms with Gasteiger partial charge in [-0.25, -0.2) is 4.79 Å². The average molecular weight is 329 g/mol. The van der Waals surface area contributed by atoms with Crippen LogP contribution in [0.15, 0.2) is 24.3 Å². The summed E-state index contributed by atoms with van der Waals surface area (Å²) in [4.78, 5) is 25.8. The van der Waals surface area contributed by atoms with E-state index in [-0.39, 0.29) is 11.9 Å². The van der Waals surface area contributed by atoms with Crippen LogP contribution in [0.25, 0.3) is 0 Å². The molecule has 3 rings (SSSR count). The van der Waals surface area contributed by atoms with Gasteiger partial charge in [-0.05, 0) is 50.3 Å². The molecule has 1 aliphatic rings. The molecule has 0 atom stereocenters. The van der Waals surface area contributed by atoms with E-state index >= 15 is 0 Å². The van der Waals surface area contributed by atoms with Crippen molar-refractivity contribution >= 4 is 28.2 Å². The highest BCUT2D eigenvalue weighted by Gasteiger charge is 2.27. The lowest BCUT2D eigenvalue weighted by atomic mass is 9.95. The van der Waals surface area contributed by atoms with E-state index in [1.165, 1.54) is 23.3 Å². The third-order valence-electron chi connectivity index (χ3n) is 4.07. The summed E-state index contributed by atoms with van der Waals surface area (Å²) in [6.45, 7) is 1.94. The molecule has 0 radical (unpaired) electrons. The predicted octanol–water partition coefficient (Wildman–Crippen LogP) is 3.97. The van der Waals surface area contributed by atoms with Gasteiger partial charge in [0.1, 0.15) is 5.00 Å². The molecule has 120 valence electrons. The van der Waals surface area contributed by atoms with Crippen LogP contribution in [0.4, 0.5) is 5.00 Å². The van der Waals surface area contributed by atoms with E-state index < -0.39 is 0 Å². The molecule has 1 aliphatic carbocycles. The number of anilines is 1. The van der Waals surface area contributed by atoms with Crippen molar-refractivity contribution in [3.05, 3.63) is 51.4 Å². The van der Waals surface area contributed by atoms with Crippen molar-refractivity contribution in [3.63, 3.8) is 0 Å². The van der Waals surface area contributed by atoms with Gasteiger partial charge in [0.25, 0.3) is 5.91 Å². The molecule has 2 aromatic rings. The van der Waals surface area contributed by atoms with E-state index in [4.69, 9.17) is 4.74 Å². The molecule has 0 aliphatic heterocycles. The van der Waals surface area contributed by atoms with Crippen molar-refractivity contribution in [2.24, 2.45) is 0 Å². The Kier molecular flexibility index (Phi) is 4.48. The van der Waals surface area contributed by atoms with Crippen molar-refractivity contribution in [3.8, 4) is 0 Å². The van der Waals surface area contributed by atoms with Gasteiger partial charge in [-0.1, -0.05) is 17.7 Å². The number of fused-ring (bicyclic) bond motifs is 1. The van der Waals surface area contributed by atoms with Crippen LogP contribution in [0.5, 0.6) is 0 Å². The van der Waals surface area contributed by atoms with Gasteiger partial charge in [-0.3, -0.25) is 4.79 Å². The Morgan fingerprint density at radius 2 is 2.00 bits per heavy atom. The highest BCUT2D eigenvalue weighted by molar-refractivity contribution is 7.17. The first-order valence-electron chi connectivity index (χ1n) is 7.71. The summed E-state index contributed by atoms with van der Waals surface area (Å²) in [5, 5.41) is 3.51. The minimum absolute atomic E-state index is 0.197. The van der Waals surface area contributed by atoms with Gasteiger partial charge in [0.2, 0.25) is 0 Å². The minimum Gasteiger partial charge on any atom is -0.465 e. The van der Waals surface area contributed by atoms with Gasteiger partial charge in [0.15, 0.2) is 0 Å². The fraction of sp³-hybridized carbons (Fsp3) is 0.333. The number of nitrogens with one attached hydrogen (secondary N) is 1. The molecule has 0 unspecified atom stereocenters. The highest BCUT2D eigenvalue weighted by Crippen LogP contribution is 2.38. The molecule has 1 heterocycles. The molecular formula is C18H19NO3S. The first kappa shape index (κ1) is 15.7. The van der Waals surface area contributed by atoms with Crippen molar-refractivity contribution in [2.45, 2.75) is 32.6 Å². The monoisotopic (exact) mass is 329 g/mol. The van der Waals surface area contributed by atoms with Crippen LogP contribution in [0, 0.1) is 6.92 Å². The topological polar surface area (TPSA) is 55.4 Å². The van der Waals surface area contributed by atoms with Crippen LogP contribution in [0.2, 0.25) is 0 Å². The summed E-state index contributed by atoms with van der Waals surface area (Å²) in [7, 11) is 1.38. The molecule has 1 aromatic heterocycles. The Hall–Kier alpha value is -2.14. The number of hydrogen-bond donors (Lipinski definition) is 1. The number of rotatable bonds is 3. The molecule has 0 saturated heterocycles. The van der Waals surface area contributed by atoms with Crippen LogP contribution in [-0.2, 0) is 17.6 Å². The number of thiophene rings is 1. The van der Waals surface area contributed by atoms with Gasteiger partial charge in [-0.15, -0.1) is 11.3 Å². The summed E-state index contributed by atoms with van der Waals surface area (Å²) in [6, 6.07) is 7.40. The van der Waals surface area contributed by atoms with Gasteiger partial charge < -0.3 is 10.1 Å².